The molecule has 0 bridgehead atoms. The fraction of sp³-hybridized carbons (Fsp3) is 0.562. The van der Waals surface area contributed by atoms with Crippen LogP contribution in [0.25, 0.3) is 0 Å². The van der Waals surface area contributed by atoms with Crippen LogP contribution >= 0.6 is 0 Å². The Kier molecular flexibility index (Phi) is 5.78. The number of nitrogens with zero attached hydrogens (tertiary/aromatic N) is 2. The molecule has 1 fully saturated rings. The van der Waals surface area contributed by atoms with Crippen LogP contribution in [-0.4, -0.2) is 55.8 Å². The normalized spacial score (nSPS) is 20.5. The van der Waals surface area contributed by atoms with E-state index >= 15 is 0 Å². The number of likely N-dealkylation sites (tertiary alicyclic amines) is 1. The number of hydrogen-bond acceptors (Lipinski definition) is 4. The number of rotatable bonds is 5. The number of likely N-dealkylation sites (N-methyl/N-ethyl adjacent to an activating group) is 1. The van der Waals surface area contributed by atoms with Crippen molar-refractivity contribution in [2.24, 2.45) is 5.73 Å². The molecule has 0 spiro atoms. The van der Waals surface area contributed by atoms with Crippen molar-refractivity contribution in [1.82, 2.24) is 9.21 Å². The first-order valence-electron chi connectivity index (χ1n) is 7.90. The highest BCUT2D eigenvalue weighted by Gasteiger charge is 2.31. The zero-order chi connectivity index (χ0) is 17.0. The minimum atomic E-state index is -3.66. The summed E-state index contributed by atoms with van der Waals surface area (Å²) in [6.45, 7) is 2.37. The van der Waals surface area contributed by atoms with Gasteiger partial charge in [-0.1, -0.05) is 18.2 Å². The van der Waals surface area contributed by atoms with Crippen LogP contribution in [0.2, 0.25) is 0 Å². The highest BCUT2D eigenvalue weighted by Crippen LogP contribution is 2.20. The molecule has 2 atom stereocenters. The van der Waals surface area contributed by atoms with Gasteiger partial charge in [-0.2, -0.15) is 4.31 Å². The topological polar surface area (TPSA) is 83.7 Å². The average Bonchev–Trinajstić information content (AvgIpc) is 2.55. The van der Waals surface area contributed by atoms with Crippen LogP contribution < -0.4 is 5.73 Å². The Balaban J connectivity index is 2.10. The lowest BCUT2D eigenvalue weighted by Gasteiger charge is -2.38. The van der Waals surface area contributed by atoms with Crippen molar-refractivity contribution in [1.29, 1.82) is 0 Å². The second kappa shape index (κ2) is 7.42. The van der Waals surface area contributed by atoms with Crippen LogP contribution in [0.15, 0.2) is 35.2 Å². The number of hydrogen-bond donors (Lipinski definition) is 1. The van der Waals surface area contributed by atoms with Gasteiger partial charge in [0, 0.05) is 25.7 Å². The molecule has 1 heterocycles. The molecule has 6 nitrogen and oxygen atoms in total. The molecule has 1 aromatic rings. The Hall–Kier alpha value is -1.44. The van der Waals surface area contributed by atoms with Crippen LogP contribution in [0.4, 0.5) is 0 Å². The Bertz CT molecular complexity index is 631. The van der Waals surface area contributed by atoms with Gasteiger partial charge in [0.2, 0.25) is 15.9 Å². The van der Waals surface area contributed by atoms with E-state index < -0.39 is 10.0 Å². The lowest BCUT2D eigenvalue weighted by atomic mass is 9.97. The van der Waals surface area contributed by atoms with Gasteiger partial charge in [-0.15, -0.1) is 0 Å². The van der Waals surface area contributed by atoms with Gasteiger partial charge in [0.25, 0.3) is 0 Å². The minimum absolute atomic E-state index is 0.0101. The van der Waals surface area contributed by atoms with Gasteiger partial charge in [-0.25, -0.2) is 8.42 Å². The Morgan fingerprint density at radius 3 is 2.61 bits per heavy atom. The van der Waals surface area contributed by atoms with Gasteiger partial charge in [-0.3, -0.25) is 4.79 Å². The molecule has 0 aromatic heterocycles. The van der Waals surface area contributed by atoms with Crippen molar-refractivity contribution >= 4 is 15.9 Å². The average molecular weight is 339 g/mol. The predicted molar refractivity (Wildman–Crippen MR) is 89.3 cm³/mol. The molecular formula is C16H25N3O3S. The van der Waals surface area contributed by atoms with Gasteiger partial charge in [0.1, 0.15) is 0 Å². The van der Waals surface area contributed by atoms with Crippen LogP contribution in [0.1, 0.15) is 26.2 Å². The number of nitrogens with two attached hydrogens (primary N) is 1. The lowest BCUT2D eigenvalue weighted by molar-refractivity contribution is -0.135. The second-order valence-corrected chi connectivity index (χ2v) is 8.13. The molecule has 0 radical (unpaired) electrons. The molecule has 1 amide bonds. The van der Waals surface area contributed by atoms with E-state index in [9.17, 15) is 13.2 Å². The summed E-state index contributed by atoms with van der Waals surface area (Å²) in [6, 6.07) is 8.02. The van der Waals surface area contributed by atoms with E-state index in [1.807, 2.05) is 6.92 Å². The summed E-state index contributed by atoms with van der Waals surface area (Å²) >= 11 is 0. The van der Waals surface area contributed by atoms with E-state index in [1.165, 1.54) is 19.2 Å². The van der Waals surface area contributed by atoms with Crippen LogP contribution in [0, 0.1) is 0 Å². The first-order valence-corrected chi connectivity index (χ1v) is 9.34. The van der Waals surface area contributed by atoms with Crippen molar-refractivity contribution in [3.05, 3.63) is 30.3 Å². The van der Waals surface area contributed by atoms with Gasteiger partial charge in [0.05, 0.1) is 11.4 Å². The Morgan fingerprint density at radius 1 is 1.35 bits per heavy atom. The number of carbonyl (C=O) groups excluding carboxylic acids is 1. The number of carbonyl (C=O) groups is 1. The van der Waals surface area contributed by atoms with E-state index in [2.05, 4.69) is 0 Å². The first kappa shape index (κ1) is 17.9. The van der Waals surface area contributed by atoms with E-state index in [0.29, 0.717) is 6.54 Å². The SMILES string of the molecule is CC(N)C1CCCCN1C(=O)CN(C)S(=O)(=O)c1ccccc1. The van der Waals surface area contributed by atoms with E-state index in [4.69, 9.17) is 5.73 Å². The third kappa shape index (κ3) is 4.10. The third-order valence-electron chi connectivity index (χ3n) is 4.29. The van der Waals surface area contributed by atoms with Gasteiger partial charge < -0.3 is 10.6 Å². The van der Waals surface area contributed by atoms with Crippen LogP contribution in [-0.2, 0) is 14.8 Å². The van der Waals surface area contributed by atoms with Gasteiger partial charge in [-0.05, 0) is 38.3 Å². The molecular weight excluding hydrogens is 314 g/mol. The van der Waals surface area contributed by atoms with Gasteiger partial charge in [0.15, 0.2) is 0 Å². The summed E-state index contributed by atoms with van der Waals surface area (Å²) in [6.07, 6.45) is 2.86. The van der Waals surface area contributed by atoms with Crippen molar-refractivity contribution in [3.63, 3.8) is 0 Å². The predicted octanol–water partition coefficient (Wildman–Crippen LogP) is 1.04. The number of amides is 1. The fourth-order valence-corrected chi connectivity index (χ4v) is 4.09. The van der Waals surface area contributed by atoms with E-state index in [0.717, 1.165) is 23.6 Å². The van der Waals surface area contributed by atoms with Crippen molar-refractivity contribution < 1.29 is 13.2 Å². The maximum atomic E-state index is 12.6. The first-order chi connectivity index (χ1) is 10.8. The molecule has 7 heteroatoms. The third-order valence-corrected chi connectivity index (χ3v) is 6.10. The molecule has 1 aromatic carbocycles. The zero-order valence-electron chi connectivity index (χ0n) is 13.7. The van der Waals surface area contributed by atoms with Gasteiger partial charge >= 0.3 is 0 Å². The zero-order valence-corrected chi connectivity index (χ0v) is 14.5. The molecule has 1 saturated heterocycles. The van der Waals surface area contributed by atoms with Crippen LogP contribution in [0.3, 0.4) is 0 Å². The van der Waals surface area contributed by atoms with E-state index in [1.54, 1.807) is 23.1 Å². The summed E-state index contributed by atoms with van der Waals surface area (Å²) in [7, 11) is -2.22. The highest BCUT2D eigenvalue weighted by atomic mass is 32.2. The molecule has 2 rings (SSSR count). The van der Waals surface area contributed by atoms with Crippen LogP contribution in [0.5, 0.6) is 0 Å². The van der Waals surface area contributed by atoms with Crippen molar-refractivity contribution in [2.75, 3.05) is 20.1 Å². The lowest BCUT2D eigenvalue weighted by Crippen LogP contribution is -2.54. The molecule has 1 aliphatic rings. The molecule has 128 valence electrons. The standard InChI is InChI=1S/C16H25N3O3S/c1-13(17)15-10-6-7-11-19(15)16(20)12-18(2)23(21,22)14-8-4-3-5-9-14/h3-5,8-9,13,15H,6-7,10-12,17H2,1-2H3. The molecule has 23 heavy (non-hydrogen) atoms. The Morgan fingerprint density at radius 2 is 2.00 bits per heavy atom. The minimum Gasteiger partial charge on any atom is -0.337 e. The molecule has 0 aliphatic carbocycles. The van der Waals surface area contributed by atoms with Crippen molar-refractivity contribution in [2.45, 2.75) is 43.2 Å². The maximum Gasteiger partial charge on any atom is 0.243 e. The number of sulfonamides is 1. The molecule has 1 aliphatic heterocycles. The molecule has 0 saturated carbocycles. The summed E-state index contributed by atoms with van der Waals surface area (Å²) < 4.78 is 26.1. The van der Waals surface area contributed by atoms with E-state index in [-0.39, 0.29) is 29.4 Å². The summed E-state index contributed by atoms with van der Waals surface area (Å²) in [4.78, 5) is 14.5. The summed E-state index contributed by atoms with van der Waals surface area (Å²) in [5, 5.41) is 0. The fourth-order valence-electron chi connectivity index (χ4n) is 2.95. The number of piperidine rings is 1. The largest absolute Gasteiger partial charge is 0.337 e. The Labute approximate surface area is 138 Å². The second-order valence-electron chi connectivity index (χ2n) is 6.08. The summed E-state index contributed by atoms with van der Waals surface area (Å²) in [5.41, 5.74) is 5.98. The maximum absolute atomic E-state index is 12.6. The summed E-state index contributed by atoms with van der Waals surface area (Å²) in [5.74, 6) is -0.186. The molecule has 2 N–H and O–H groups in total. The monoisotopic (exact) mass is 339 g/mol. The quantitative estimate of drug-likeness (QED) is 0.868. The van der Waals surface area contributed by atoms with Crippen molar-refractivity contribution in [3.8, 4) is 0 Å². The number of benzene rings is 1. The smallest absolute Gasteiger partial charge is 0.243 e. The highest BCUT2D eigenvalue weighted by molar-refractivity contribution is 7.89. The molecule has 2 unspecified atom stereocenters.